The summed E-state index contributed by atoms with van der Waals surface area (Å²) in [6.45, 7) is 3.15. The minimum atomic E-state index is -1.82. The number of nitrogens with one attached hydrogen (secondary N) is 1. The Kier molecular flexibility index (Phi) is 5.57. The van der Waals surface area contributed by atoms with Gasteiger partial charge in [-0.3, -0.25) is 4.90 Å². The molecule has 31 heavy (non-hydrogen) atoms. The van der Waals surface area contributed by atoms with E-state index in [9.17, 15) is 4.21 Å². The number of aromatic nitrogens is 2. The molecule has 5 rings (SSSR count). The van der Waals surface area contributed by atoms with E-state index in [1.165, 1.54) is 29.9 Å². The van der Waals surface area contributed by atoms with Crippen molar-refractivity contribution in [2.24, 2.45) is 0 Å². The second-order valence-corrected chi connectivity index (χ2v) is 8.75. The van der Waals surface area contributed by atoms with Crippen molar-refractivity contribution in [3.63, 3.8) is 0 Å². The van der Waals surface area contributed by atoms with Crippen LogP contribution in [0.5, 0.6) is 11.5 Å². The van der Waals surface area contributed by atoms with Gasteiger partial charge in [0.05, 0.1) is 0 Å². The van der Waals surface area contributed by atoms with Crippen LogP contribution in [-0.4, -0.2) is 34.6 Å². The Labute approximate surface area is 183 Å². The van der Waals surface area contributed by atoms with Gasteiger partial charge in [-0.25, -0.2) is 9.97 Å². The van der Waals surface area contributed by atoms with Crippen molar-refractivity contribution < 1.29 is 13.7 Å². The van der Waals surface area contributed by atoms with Gasteiger partial charge in [0.25, 0.3) is 0 Å². The average Bonchev–Trinajstić information content (AvgIpc) is 3.27. The quantitative estimate of drug-likeness (QED) is 0.600. The van der Waals surface area contributed by atoms with E-state index >= 15 is 0 Å². The maximum atomic E-state index is 11.2. The van der Waals surface area contributed by atoms with Gasteiger partial charge in [0, 0.05) is 30.5 Å². The number of nitrogens with zero attached hydrogens (tertiary/aromatic N) is 3. The molecular weight excluding hydrogens is 412 g/mol. The fourth-order valence-corrected chi connectivity index (χ4v) is 4.51. The molecule has 0 spiro atoms. The van der Waals surface area contributed by atoms with E-state index in [1.54, 1.807) is 0 Å². The zero-order chi connectivity index (χ0) is 21.2. The molecule has 0 saturated carbocycles. The SMILES string of the molecule is N=[S-](=O)c1cnc(-c2ccc(CN3CCCC3c3ccc4c(c3)OCCO4)cc2)nc1. The monoisotopic (exact) mass is 435 g/mol. The van der Waals surface area contributed by atoms with Crippen LogP contribution in [-0.2, 0) is 21.3 Å². The Morgan fingerprint density at radius 1 is 1.03 bits per heavy atom. The third kappa shape index (κ3) is 4.26. The van der Waals surface area contributed by atoms with Crippen LogP contribution in [0, 0.1) is 4.78 Å². The molecule has 2 aliphatic heterocycles. The number of benzene rings is 2. The van der Waals surface area contributed by atoms with Gasteiger partial charge in [0.1, 0.15) is 13.2 Å². The van der Waals surface area contributed by atoms with Crippen LogP contribution < -0.4 is 9.47 Å². The first kappa shape index (κ1) is 20.0. The number of likely N-dealkylation sites (tertiary alicyclic amines) is 1. The molecule has 2 aliphatic rings. The zero-order valence-corrected chi connectivity index (χ0v) is 17.8. The highest BCUT2D eigenvalue weighted by Gasteiger charge is 2.27. The Morgan fingerprint density at radius 3 is 2.52 bits per heavy atom. The minimum Gasteiger partial charge on any atom is -0.486 e. The maximum Gasteiger partial charge on any atom is 0.161 e. The summed E-state index contributed by atoms with van der Waals surface area (Å²) < 4.78 is 29.8. The molecule has 8 heteroatoms. The molecule has 1 saturated heterocycles. The number of ether oxygens (including phenoxy) is 2. The van der Waals surface area contributed by atoms with Crippen LogP contribution in [0.15, 0.2) is 59.8 Å². The van der Waals surface area contributed by atoms with Crippen molar-refractivity contribution >= 4 is 10.6 Å². The van der Waals surface area contributed by atoms with Gasteiger partial charge in [0.2, 0.25) is 0 Å². The highest BCUT2D eigenvalue weighted by molar-refractivity contribution is 7.73. The van der Waals surface area contributed by atoms with Crippen LogP contribution in [0.4, 0.5) is 0 Å². The molecule has 7 nitrogen and oxygen atoms in total. The normalized spacial score (nSPS) is 18.4. The minimum absolute atomic E-state index is 0.305. The van der Waals surface area contributed by atoms with Gasteiger partial charge in [0.15, 0.2) is 17.3 Å². The summed E-state index contributed by atoms with van der Waals surface area (Å²) >= 11 is 0. The van der Waals surface area contributed by atoms with E-state index in [1.807, 2.05) is 18.2 Å². The summed E-state index contributed by atoms with van der Waals surface area (Å²) in [6, 6.07) is 14.9. The predicted molar refractivity (Wildman–Crippen MR) is 116 cm³/mol. The summed E-state index contributed by atoms with van der Waals surface area (Å²) in [7, 11) is -1.82. The van der Waals surface area contributed by atoms with Gasteiger partial charge in [-0.2, -0.15) is 10.6 Å². The van der Waals surface area contributed by atoms with Crippen molar-refractivity contribution in [3.05, 3.63) is 66.0 Å². The third-order valence-electron chi connectivity index (χ3n) is 5.75. The van der Waals surface area contributed by atoms with Gasteiger partial charge >= 0.3 is 0 Å². The molecule has 2 aromatic carbocycles. The Balaban J connectivity index is 1.30. The van der Waals surface area contributed by atoms with E-state index in [0.717, 1.165) is 36.6 Å². The molecule has 0 aliphatic carbocycles. The Hall–Kier alpha value is -2.97. The summed E-state index contributed by atoms with van der Waals surface area (Å²) in [6.07, 6.45) is 5.20. The van der Waals surface area contributed by atoms with Crippen LogP contribution in [0.2, 0.25) is 0 Å². The largest absolute Gasteiger partial charge is 0.486 e. The van der Waals surface area contributed by atoms with E-state index in [0.29, 0.717) is 30.0 Å². The molecule has 1 aromatic heterocycles. The Morgan fingerprint density at radius 2 is 1.77 bits per heavy atom. The van der Waals surface area contributed by atoms with Gasteiger partial charge in [-0.1, -0.05) is 35.2 Å². The highest BCUT2D eigenvalue weighted by Crippen LogP contribution is 2.38. The van der Waals surface area contributed by atoms with E-state index in [-0.39, 0.29) is 0 Å². The number of hydrogen-bond acceptors (Lipinski definition) is 8. The molecule has 0 amide bonds. The number of fused-ring (bicyclic) bond motifs is 1. The maximum absolute atomic E-state index is 11.2. The molecule has 3 aromatic rings. The first-order valence-electron chi connectivity index (χ1n) is 10.4. The van der Waals surface area contributed by atoms with Gasteiger partial charge in [-0.05, 0) is 42.6 Å². The molecule has 1 N–H and O–H groups in total. The van der Waals surface area contributed by atoms with E-state index in [4.69, 9.17) is 14.3 Å². The number of hydrogen-bond donors (Lipinski definition) is 1. The molecule has 0 bridgehead atoms. The first-order chi connectivity index (χ1) is 15.2. The molecule has 1 fully saturated rings. The van der Waals surface area contributed by atoms with Crippen molar-refractivity contribution in [3.8, 4) is 22.9 Å². The van der Waals surface area contributed by atoms with Crippen LogP contribution in [0.25, 0.3) is 11.4 Å². The molecule has 0 radical (unpaired) electrons. The molecule has 1 unspecified atom stereocenters. The van der Waals surface area contributed by atoms with Crippen LogP contribution in [0.3, 0.4) is 0 Å². The molecule has 160 valence electrons. The third-order valence-corrected chi connectivity index (χ3v) is 6.39. The zero-order valence-electron chi connectivity index (χ0n) is 17.0. The predicted octanol–water partition coefficient (Wildman–Crippen LogP) is 4.34. The summed E-state index contributed by atoms with van der Waals surface area (Å²) in [5.41, 5.74) is 3.41. The smallest absolute Gasteiger partial charge is 0.161 e. The van der Waals surface area contributed by atoms with Crippen molar-refractivity contribution in [1.29, 1.82) is 4.78 Å². The van der Waals surface area contributed by atoms with E-state index in [2.05, 4.69) is 39.1 Å². The second kappa shape index (κ2) is 8.64. The molecule has 3 heterocycles. The summed E-state index contributed by atoms with van der Waals surface area (Å²) in [5, 5.41) is 0. The van der Waals surface area contributed by atoms with Crippen molar-refractivity contribution in [1.82, 2.24) is 14.9 Å². The second-order valence-electron chi connectivity index (χ2n) is 7.74. The standard InChI is InChI=1S/C23H23N4O3S/c24-31(28)19-13-25-23(26-14-19)17-5-3-16(4-6-17)15-27-9-1-2-20(27)18-7-8-21-22(12-18)30-11-10-29-21/h3-8,12-14,20,24H,1-2,9-11,15H2/q-1. The highest BCUT2D eigenvalue weighted by atomic mass is 32.2. The fourth-order valence-electron chi connectivity index (χ4n) is 4.21. The van der Waals surface area contributed by atoms with Crippen LogP contribution >= 0.6 is 0 Å². The molecular formula is C23H23N4O3S-. The fraction of sp³-hybridized carbons (Fsp3) is 0.304. The van der Waals surface area contributed by atoms with Crippen molar-refractivity contribution in [2.75, 3.05) is 19.8 Å². The lowest BCUT2D eigenvalue weighted by Gasteiger charge is -2.26. The number of rotatable bonds is 5. The van der Waals surface area contributed by atoms with Crippen molar-refractivity contribution in [2.45, 2.75) is 30.3 Å². The van der Waals surface area contributed by atoms with Crippen LogP contribution in [0.1, 0.15) is 30.0 Å². The lowest BCUT2D eigenvalue weighted by molar-refractivity contribution is 0.170. The molecule has 1 atom stereocenters. The average molecular weight is 436 g/mol. The lowest BCUT2D eigenvalue weighted by atomic mass is 10.0. The topological polar surface area (TPSA) is 88.4 Å². The van der Waals surface area contributed by atoms with Gasteiger partial charge < -0.3 is 18.5 Å². The van der Waals surface area contributed by atoms with Gasteiger partial charge in [-0.15, -0.1) is 0 Å². The first-order valence-corrected chi connectivity index (χ1v) is 11.5. The summed E-state index contributed by atoms with van der Waals surface area (Å²) in [4.78, 5) is 11.3. The summed E-state index contributed by atoms with van der Waals surface area (Å²) in [5.74, 6) is 2.25. The Bertz CT molecular complexity index is 1140. The van der Waals surface area contributed by atoms with E-state index < -0.39 is 10.6 Å². The lowest BCUT2D eigenvalue weighted by Crippen LogP contribution is -2.23.